The molecule has 0 unspecified atom stereocenters. The van der Waals surface area contributed by atoms with Crippen LogP contribution in [0, 0.1) is 6.92 Å². The topological polar surface area (TPSA) is 28.1 Å². The Morgan fingerprint density at radius 3 is 2.31 bits per heavy atom. The van der Waals surface area contributed by atoms with E-state index in [9.17, 15) is 0 Å². The van der Waals surface area contributed by atoms with E-state index in [1.165, 1.54) is 11.1 Å². The molecule has 29 heavy (non-hydrogen) atoms. The van der Waals surface area contributed by atoms with E-state index in [0.717, 1.165) is 49.8 Å². The second-order valence-electron chi connectivity index (χ2n) is 7.45. The number of hydrogen-bond donors (Lipinski definition) is 0. The number of rotatable bonds is 6. The van der Waals surface area contributed by atoms with E-state index in [-0.39, 0.29) is 0 Å². The van der Waals surface area contributed by atoms with Gasteiger partial charge in [-0.1, -0.05) is 60.2 Å². The number of benzene rings is 3. The third-order valence-electron chi connectivity index (χ3n) is 5.08. The van der Waals surface area contributed by atoms with E-state index in [1.54, 1.807) is 0 Å². The maximum Gasteiger partial charge on any atom is 0.128 e. The van der Waals surface area contributed by atoms with Crippen molar-refractivity contribution in [1.29, 1.82) is 0 Å². The summed E-state index contributed by atoms with van der Waals surface area (Å²) in [5, 5.41) is 6.83. The van der Waals surface area contributed by atoms with Gasteiger partial charge in [-0.2, -0.15) is 5.10 Å². The first-order chi connectivity index (χ1) is 14.2. The van der Waals surface area contributed by atoms with Crippen LogP contribution in [0.25, 0.3) is 0 Å². The molecule has 3 aromatic rings. The molecule has 4 rings (SSSR count). The first kappa shape index (κ1) is 19.2. The summed E-state index contributed by atoms with van der Waals surface area (Å²) in [5.41, 5.74) is 3.73. The van der Waals surface area contributed by atoms with Gasteiger partial charge < -0.3 is 4.74 Å². The molecule has 0 spiro atoms. The van der Waals surface area contributed by atoms with Crippen molar-refractivity contribution >= 4 is 6.21 Å². The van der Waals surface area contributed by atoms with Gasteiger partial charge in [0.15, 0.2) is 0 Å². The van der Waals surface area contributed by atoms with Gasteiger partial charge in [0.2, 0.25) is 0 Å². The van der Waals surface area contributed by atoms with Crippen molar-refractivity contribution in [2.75, 3.05) is 26.2 Å². The normalized spacial score (nSPS) is 15.0. The average Bonchev–Trinajstić information content (AvgIpc) is 2.76. The highest BCUT2D eigenvalue weighted by atomic mass is 16.5. The van der Waals surface area contributed by atoms with Crippen LogP contribution in [0.5, 0.6) is 11.5 Å². The molecule has 0 bridgehead atoms. The quantitative estimate of drug-likeness (QED) is 0.563. The van der Waals surface area contributed by atoms with Crippen LogP contribution >= 0.6 is 0 Å². The summed E-state index contributed by atoms with van der Waals surface area (Å²) in [6, 6.07) is 26.7. The van der Waals surface area contributed by atoms with Crippen molar-refractivity contribution in [1.82, 2.24) is 9.91 Å². The van der Waals surface area contributed by atoms with Crippen LogP contribution in [0.3, 0.4) is 0 Å². The summed E-state index contributed by atoms with van der Waals surface area (Å²) >= 11 is 0. The Morgan fingerprint density at radius 2 is 1.55 bits per heavy atom. The third-order valence-corrected chi connectivity index (χ3v) is 5.08. The molecule has 0 radical (unpaired) electrons. The Hall–Kier alpha value is -3.11. The molecule has 1 aliphatic heterocycles. The average molecular weight is 386 g/mol. The van der Waals surface area contributed by atoms with E-state index in [0.29, 0.717) is 0 Å². The molecule has 0 saturated carbocycles. The van der Waals surface area contributed by atoms with Gasteiger partial charge in [0.1, 0.15) is 11.5 Å². The van der Waals surface area contributed by atoms with Crippen LogP contribution in [-0.4, -0.2) is 42.3 Å². The first-order valence-corrected chi connectivity index (χ1v) is 10.1. The largest absolute Gasteiger partial charge is 0.457 e. The number of piperazine rings is 1. The molecule has 4 nitrogen and oxygen atoms in total. The summed E-state index contributed by atoms with van der Waals surface area (Å²) in [5.74, 6) is 1.66. The van der Waals surface area contributed by atoms with Crippen LogP contribution in [0.4, 0.5) is 0 Å². The molecule has 0 N–H and O–H groups in total. The molecule has 0 atom stereocenters. The van der Waals surface area contributed by atoms with Gasteiger partial charge in [0.25, 0.3) is 0 Å². The zero-order valence-corrected chi connectivity index (χ0v) is 16.9. The third kappa shape index (κ3) is 5.69. The molecule has 1 fully saturated rings. The lowest BCUT2D eigenvalue weighted by Crippen LogP contribution is -2.43. The standard InChI is InChI=1S/C25H27N3O/c1-21-10-12-22(13-11-21)20-27-14-16-28(17-15-27)26-19-23-6-5-9-25(18-23)29-24-7-3-2-4-8-24/h2-13,18-19H,14-17,20H2,1H3/b26-19-. The Balaban J connectivity index is 1.29. The lowest BCUT2D eigenvalue weighted by molar-refractivity contribution is 0.131. The Labute approximate surface area is 173 Å². The van der Waals surface area contributed by atoms with Crippen molar-refractivity contribution < 1.29 is 4.74 Å². The molecule has 3 aromatic carbocycles. The highest BCUT2D eigenvalue weighted by molar-refractivity contribution is 5.80. The zero-order chi connectivity index (χ0) is 19.9. The van der Waals surface area contributed by atoms with Gasteiger partial charge in [-0.15, -0.1) is 0 Å². The number of para-hydroxylation sites is 1. The van der Waals surface area contributed by atoms with E-state index in [4.69, 9.17) is 4.74 Å². The summed E-state index contributed by atoms with van der Waals surface area (Å²) < 4.78 is 5.91. The lowest BCUT2D eigenvalue weighted by Gasteiger charge is -2.33. The molecule has 0 amide bonds. The second-order valence-corrected chi connectivity index (χ2v) is 7.45. The van der Waals surface area contributed by atoms with Crippen molar-refractivity contribution in [3.8, 4) is 11.5 Å². The number of aryl methyl sites for hydroxylation is 1. The molecule has 148 valence electrons. The van der Waals surface area contributed by atoms with Crippen LogP contribution in [0.2, 0.25) is 0 Å². The summed E-state index contributed by atoms with van der Waals surface area (Å²) in [7, 11) is 0. The van der Waals surface area contributed by atoms with Gasteiger partial charge in [0, 0.05) is 32.7 Å². The molecule has 4 heteroatoms. The van der Waals surface area contributed by atoms with Crippen LogP contribution in [-0.2, 0) is 6.54 Å². The molecule has 0 aromatic heterocycles. The molecule has 1 aliphatic rings. The molecule has 0 aliphatic carbocycles. The minimum Gasteiger partial charge on any atom is -0.457 e. The van der Waals surface area contributed by atoms with E-state index in [1.807, 2.05) is 54.7 Å². The SMILES string of the molecule is Cc1ccc(CN2CCN(/N=C\c3cccc(Oc4ccccc4)c3)CC2)cc1. The fourth-order valence-electron chi connectivity index (χ4n) is 3.39. The first-order valence-electron chi connectivity index (χ1n) is 10.1. The number of nitrogens with zero attached hydrogens (tertiary/aromatic N) is 3. The van der Waals surface area contributed by atoms with Crippen LogP contribution in [0.15, 0.2) is 84.0 Å². The fourth-order valence-corrected chi connectivity index (χ4v) is 3.39. The van der Waals surface area contributed by atoms with Gasteiger partial charge in [-0.05, 0) is 42.3 Å². The monoisotopic (exact) mass is 385 g/mol. The van der Waals surface area contributed by atoms with Gasteiger partial charge >= 0.3 is 0 Å². The predicted molar refractivity (Wildman–Crippen MR) is 119 cm³/mol. The van der Waals surface area contributed by atoms with Crippen molar-refractivity contribution in [2.45, 2.75) is 13.5 Å². The highest BCUT2D eigenvalue weighted by Gasteiger charge is 2.15. The highest BCUT2D eigenvalue weighted by Crippen LogP contribution is 2.21. The molecular weight excluding hydrogens is 358 g/mol. The predicted octanol–water partition coefficient (Wildman–Crippen LogP) is 4.94. The Morgan fingerprint density at radius 1 is 0.828 bits per heavy atom. The maximum absolute atomic E-state index is 5.91. The van der Waals surface area contributed by atoms with Crippen molar-refractivity contribution in [2.24, 2.45) is 5.10 Å². The smallest absolute Gasteiger partial charge is 0.128 e. The Bertz CT molecular complexity index is 930. The minimum absolute atomic E-state index is 0.822. The van der Waals surface area contributed by atoms with E-state index < -0.39 is 0 Å². The van der Waals surface area contributed by atoms with E-state index >= 15 is 0 Å². The van der Waals surface area contributed by atoms with Crippen LogP contribution < -0.4 is 4.74 Å². The van der Waals surface area contributed by atoms with Crippen LogP contribution in [0.1, 0.15) is 16.7 Å². The number of hydrazone groups is 1. The molecule has 1 saturated heterocycles. The summed E-state index contributed by atoms with van der Waals surface area (Å²) in [4.78, 5) is 2.49. The van der Waals surface area contributed by atoms with E-state index in [2.05, 4.69) is 52.3 Å². The zero-order valence-electron chi connectivity index (χ0n) is 16.9. The molecule has 1 heterocycles. The van der Waals surface area contributed by atoms with Crippen molar-refractivity contribution in [3.63, 3.8) is 0 Å². The van der Waals surface area contributed by atoms with Gasteiger partial charge in [-0.3, -0.25) is 9.91 Å². The fraction of sp³-hybridized carbons (Fsp3) is 0.240. The number of hydrogen-bond acceptors (Lipinski definition) is 4. The molecular formula is C25H27N3O. The van der Waals surface area contributed by atoms with Gasteiger partial charge in [-0.25, -0.2) is 0 Å². The lowest BCUT2D eigenvalue weighted by atomic mass is 10.1. The second kappa shape index (κ2) is 9.39. The summed E-state index contributed by atoms with van der Waals surface area (Å²) in [6.07, 6.45) is 1.92. The maximum atomic E-state index is 5.91. The Kier molecular flexibility index (Phi) is 6.22. The minimum atomic E-state index is 0.822. The number of ether oxygens (including phenoxy) is 1. The summed E-state index contributed by atoms with van der Waals surface area (Å²) in [6.45, 7) is 7.09. The van der Waals surface area contributed by atoms with Gasteiger partial charge in [0.05, 0.1) is 6.21 Å². The van der Waals surface area contributed by atoms with Crippen molar-refractivity contribution in [3.05, 3.63) is 95.6 Å².